The number of benzene rings is 2. The molecule has 0 aliphatic rings. The van der Waals surface area contributed by atoms with Crippen molar-refractivity contribution in [3.63, 3.8) is 0 Å². The number of carbonyl (C=O) groups is 1. The standard InChI is InChI=1S/C22H17ClFN3O4S3/c1-3-31-17(28)11-33-21-25-19-18(20(29)26(21)14-7-5-13(24)6-8-14)34-22(32)27(19)15-10-12(23)4-9-16(15)30-2/h4-10H,3,11H2,1-2H3. The van der Waals surface area contributed by atoms with Gasteiger partial charge in [0.05, 0.1) is 30.8 Å². The number of hydrogen-bond acceptors (Lipinski definition) is 8. The number of esters is 1. The van der Waals surface area contributed by atoms with Gasteiger partial charge in [0.25, 0.3) is 5.56 Å². The summed E-state index contributed by atoms with van der Waals surface area (Å²) < 4.78 is 27.6. The second-order valence-corrected chi connectivity index (χ2v) is 9.80. The van der Waals surface area contributed by atoms with Gasteiger partial charge in [-0.25, -0.2) is 9.37 Å². The molecule has 0 saturated heterocycles. The Morgan fingerprint density at radius 1 is 1.24 bits per heavy atom. The van der Waals surface area contributed by atoms with Crippen LogP contribution in [0, 0.1) is 9.77 Å². The molecule has 12 heteroatoms. The molecule has 0 unspecified atom stereocenters. The molecule has 0 atom stereocenters. The van der Waals surface area contributed by atoms with Gasteiger partial charge >= 0.3 is 5.97 Å². The highest BCUT2D eigenvalue weighted by Crippen LogP contribution is 2.33. The number of ether oxygens (including phenoxy) is 2. The van der Waals surface area contributed by atoms with Crippen LogP contribution in [0.1, 0.15) is 6.92 Å². The summed E-state index contributed by atoms with van der Waals surface area (Å²) in [6, 6.07) is 10.5. The Morgan fingerprint density at radius 2 is 1.97 bits per heavy atom. The monoisotopic (exact) mass is 537 g/mol. The van der Waals surface area contributed by atoms with Crippen LogP contribution in [0.25, 0.3) is 21.7 Å². The highest BCUT2D eigenvalue weighted by molar-refractivity contribution is 7.99. The largest absolute Gasteiger partial charge is 0.495 e. The van der Waals surface area contributed by atoms with Gasteiger partial charge in [0.15, 0.2) is 14.8 Å². The number of rotatable bonds is 7. The first-order valence-electron chi connectivity index (χ1n) is 9.91. The topological polar surface area (TPSA) is 75.3 Å². The number of nitrogens with zero attached hydrogens (tertiary/aromatic N) is 3. The summed E-state index contributed by atoms with van der Waals surface area (Å²) in [6.45, 7) is 1.94. The van der Waals surface area contributed by atoms with Gasteiger partial charge in [0.2, 0.25) is 0 Å². The predicted molar refractivity (Wildman–Crippen MR) is 134 cm³/mol. The van der Waals surface area contributed by atoms with Crippen molar-refractivity contribution in [1.29, 1.82) is 0 Å². The van der Waals surface area contributed by atoms with Gasteiger partial charge in [-0.3, -0.25) is 18.7 Å². The van der Waals surface area contributed by atoms with E-state index in [0.717, 1.165) is 23.1 Å². The molecule has 2 aromatic heterocycles. The number of carbonyl (C=O) groups excluding carboxylic acids is 1. The quantitative estimate of drug-likeness (QED) is 0.135. The second-order valence-electron chi connectivity index (χ2n) is 6.78. The number of thioether (sulfide) groups is 1. The summed E-state index contributed by atoms with van der Waals surface area (Å²) in [5.74, 6) is -0.476. The van der Waals surface area contributed by atoms with E-state index in [2.05, 4.69) is 0 Å². The van der Waals surface area contributed by atoms with Crippen LogP contribution < -0.4 is 10.3 Å². The number of methoxy groups -OCH3 is 1. The minimum atomic E-state index is -0.453. The molecule has 0 aliphatic carbocycles. The number of aromatic nitrogens is 3. The molecule has 0 amide bonds. The average molecular weight is 538 g/mol. The number of fused-ring (bicyclic) bond motifs is 1. The fraction of sp³-hybridized carbons (Fsp3) is 0.182. The Labute approximate surface area is 211 Å². The molecule has 0 saturated carbocycles. The van der Waals surface area contributed by atoms with Crippen LogP contribution in [-0.2, 0) is 9.53 Å². The lowest BCUT2D eigenvalue weighted by molar-refractivity contribution is -0.139. The third-order valence-corrected chi connectivity index (χ3v) is 7.17. The van der Waals surface area contributed by atoms with Crippen molar-refractivity contribution in [3.8, 4) is 17.1 Å². The van der Waals surface area contributed by atoms with Crippen molar-refractivity contribution in [3.05, 3.63) is 67.6 Å². The summed E-state index contributed by atoms with van der Waals surface area (Å²) in [5, 5.41) is 0.674. The van der Waals surface area contributed by atoms with Crippen LogP contribution in [0.5, 0.6) is 5.75 Å². The van der Waals surface area contributed by atoms with Gasteiger partial charge in [-0.1, -0.05) is 34.7 Å². The molecule has 0 aliphatic heterocycles. The molecular weight excluding hydrogens is 521 g/mol. The van der Waals surface area contributed by atoms with Crippen LogP contribution in [0.3, 0.4) is 0 Å². The highest BCUT2D eigenvalue weighted by Gasteiger charge is 2.21. The maximum absolute atomic E-state index is 13.6. The summed E-state index contributed by atoms with van der Waals surface area (Å²) in [6.07, 6.45) is 0. The third-order valence-electron chi connectivity index (χ3n) is 4.67. The zero-order valence-corrected chi connectivity index (χ0v) is 21.1. The van der Waals surface area contributed by atoms with Gasteiger partial charge in [-0.2, -0.15) is 0 Å². The fourth-order valence-corrected chi connectivity index (χ4v) is 5.48. The molecule has 0 spiro atoms. The molecule has 0 bridgehead atoms. The molecule has 4 aromatic rings. The van der Waals surface area contributed by atoms with E-state index in [1.807, 2.05) is 0 Å². The van der Waals surface area contributed by atoms with Gasteiger partial charge < -0.3 is 9.47 Å². The molecule has 176 valence electrons. The van der Waals surface area contributed by atoms with Crippen molar-refractivity contribution in [2.24, 2.45) is 0 Å². The van der Waals surface area contributed by atoms with Gasteiger partial charge in [0, 0.05) is 5.02 Å². The Morgan fingerprint density at radius 3 is 2.65 bits per heavy atom. The molecule has 0 fully saturated rings. The van der Waals surface area contributed by atoms with E-state index in [1.54, 1.807) is 29.7 Å². The minimum Gasteiger partial charge on any atom is -0.495 e. The zero-order valence-electron chi connectivity index (χ0n) is 17.9. The van der Waals surface area contributed by atoms with E-state index < -0.39 is 17.3 Å². The van der Waals surface area contributed by atoms with Crippen molar-refractivity contribution in [2.75, 3.05) is 19.5 Å². The van der Waals surface area contributed by atoms with E-state index in [0.29, 0.717) is 31.7 Å². The smallest absolute Gasteiger partial charge is 0.316 e. The first-order chi connectivity index (χ1) is 16.3. The summed E-state index contributed by atoms with van der Waals surface area (Å²) in [5.41, 5.74) is 0.821. The van der Waals surface area contributed by atoms with Crippen LogP contribution >= 0.6 is 46.9 Å². The van der Waals surface area contributed by atoms with Crippen LogP contribution in [0.2, 0.25) is 5.02 Å². The molecule has 0 N–H and O–H groups in total. The lowest BCUT2D eigenvalue weighted by Crippen LogP contribution is -2.22. The van der Waals surface area contributed by atoms with E-state index in [4.69, 9.17) is 38.3 Å². The van der Waals surface area contributed by atoms with Crippen LogP contribution in [-0.4, -0.2) is 39.6 Å². The first-order valence-corrected chi connectivity index (χ1v) is 12.5. The summed E-state index contributed by atoms with van der Waals surface area (Å²) in [4.78, 5) is 30.3. The van der Waals surface area contributed by atoms with E-state index in [9.17, 15) is 14.0 Å². The number of halogens is 2. The predicted octanol–water partition coefficient (Wildman–Crippen LogP) is 5.42. The Balaban J connectivity index is 1.99. The van der Waals surface area contributed by atoms with Crippen molar-refractivity contribution in [1.82, 2.24) is 14.1 Å². The summed E-state index contributed by atoms with van der Waals surface area (Å²) >= 11 is 13.9. The highest BCUT2D eigenvalue weighted by atomic mass is 35.5. The van der Waals surface area contributed by atoms with E-state index in [-0.39, 0.29) is 22.2 Å². The molecule has 0 radical (unpaired) electrons. The Bertz CT molecular complexity index is 1500. The number of thiazole rings is 1. The molecule has 4 rings (SSSR count). The second kappa shape index (κ2) is 10.3. The average Bonchev–Trinajstić information content (AvgIpc) is 3.14. The molecule has 34 heavy (non-hydrogen) atoms. The van der Waals surface area contributed by atoms with Gasteiger partial charge in [0.1, 0.15) is 16.3 Å². The maximum atomic E-state index is 13.6. The number of hydrogen-bond donors (Lipinski definition) is 0. The third kappa shape index (κ3) is 4.74. The SMILES string of the molecule is CCOC(=O)CSc1nc2c(sc(=S)n2-c2cc(Cl)ccc2OC)c(=O)n1-c1ccc(F)cc1. The van der Waals surface area contributed by atoms with Gasteiger partial charge in [-0.15, -0.1) is 0 Å². The van der Waals surface area contributed by atoms with Crippen LogP contribution in [0.15, 0.2) is 52.4 Å². The Kier molecular flexibility index (Phi) is 7.36. The minimum absolute atomic E-state index is 0.0711. The van der Waals surface area contributed by atoms with Gasteiger partial charge in [-0.05, 0) is 61.6 Å². The molecule has 2 aromatic carbocycles. The van der Waals surface area contributed by atoms with Crippen LogP contribution in [0.4, 0.5) is 4.39 Å². The molecular formula is C22H17ClFN3O4S3. The van der Waals surface area contributed by atoms with E-state index >= 15 is 0 Å². The normalized spacial score (nSPS) is 11.1. The lowest BCUT2D eigenvalue weighted by Gasteiger charge is -2.14. The first kappa shape index (κ1) is 24.4. The van der Waals surface area contributed by atoms with Crippen molar-refractivity contribution in [2.45, 2.75) is 12.1 Å². The molecule has 7 nitrogen and oxygen atoms in total. The van der Waals surface area contributed by atoms with Crippen molar-refractivity contribution < 1.29 is 18.7 Å². The Hall–Kier alpha value is -2.73. The fourth-order valence-electron chi connectivity index (χ4n) is 3.23. The lowest BCUT2D eigenvalue weighted by atomic mass is 10.3. The zero-order chi connectivity index (χ0) is 24.4. The molecule has 2 heterocycles. The van der Waals surface area contributed by atoms with E-state index in [1.165, 1.54) is 35.9 Å². The maximum Gasteiger partial charge on any atom is 0.316 e. The van der Waals surface area contributed by atoms with Crippen molar-refractivity contribution >= 4 is 63.2 Å². The summed E-state index contributed by atoms with van der Waals surface area (Å²) in [7, 11) is 1.51.